The van der Waals surface area contributed by atoms with Crippen LogP contribution >= 0.6 is 0 Å². The number of halogens is 1. The number of anilines is 1. The molecular formula is C23H26FN3O5S. The van der Waals surface area contributed by atoms with Crippen molar-refractivity contribution in [2.45, 2.75) is 30.7 Å². The van der Waals surface area contributed by atoms with Crippen molar-refractivity contribution in [3.8, 4) is 5.75 Å². The quantitative estimate of drug-likeness (QED) is 0.659. The highest BCUT2D eigenvalue weighted by Gasteiger charge is 2.46. The van der Waals surface area contributed by atoms with Crippen molar-refractivity contribution in [1.82, 2.24) is 9.21 Å². The van der Waals surface area contributed by atoms with Crippen molar-refractivity contribution < 1.29 is 27.1 Å². The first kappa shape index (κ1) is 23.0. The molecule has 33 heavy (non-hydrogen) atoms. The molecule has 2 amide bonds. The van der Waals surface area contributed by atoms with Gasteiger partial charge in [0.05, 0.1) is 17.7 Å². The molecular weight excluding hydrogens is 449 g/mol. The van der Waals surface area contributed by atoms with Crippen LogP contribution in [0.25, 0.3) is 0 Å². The molecule has 2 aliphatic heterocycles. The number of methoxy groups -OCH3 is 1. The van der Waals surface area contributed by atoms with Crippen LogP contribution in [0.4, 0.5) is 10.1 Å². The van der Waals surface area contributed by atoms with E-state index in [1.165, 1.54) is 31.4 Å². The molecule has 0 radical (unpaired) electrons. The fourth-order valence-corrected chi connectivity index (χ4v) is 6.08. The molecule has 176 valence electrons. The molecule has 0 bridgehead atoms. The van der Waals surface area contributed by atoms with Crippen LogP contribution in [0, 0.1) is 12.7 Å². The molecule has 4 rings (SSSR count). The lowest BCUT2D eigenvalue weighted by molar-refractivity contribution is -0.138. The Hall–Kier alpha value is -3.14. The topological polar surface area (TPSA) is 87.2 Å². The second-order valence-corrected chi connectivity index (χ2v) is 9.96. The van der Waals surface area contributed by atoms with E-state index in [2.05, 4.69) is 0 Å². The van der Waals surface area contributed by atoms with Crippen LogP contribution in [0.3, 0.4) is 0 Å². The monoisotopic (exact) mass is 475 g/mol. The fourth-order valence-electron chi connectivity index (χ4n) is 4.40. The fraction of sp³-hybridized carbons (Fsp3) is 0.391. The molecule has 0 aromatic heterocycles. The van der Waals surface area contributed by atoms with Gasteiger partial charge < -0.3 is 14.5 Å². The number of nitrogens with zero attached hydrogens (tertiary/aromatic N) is 3. The minimum absolute atomic E-state index is 0.0139. The van der Waals surface area contributed by atoms with E-state index in [0.717, 1.165) is 4.31 Å². The zero-order valence-corrected chi connectivity index (χ0v) is 19.3. The molecule has 2 saturated heterocycles. The Kier molecular flexibility index (Phi) is 6.29. The van der Waals surface area contributed by atoms with E-state index >= 15 is 0 Å². The number of rotatable bonds is 5. The summed E-state index contributed by atoms with van der Waals surface area (Å²) in [6.07, 6.45) is 0.125. The van der Waals surface area contributed by atoms with Gasteiger partial charge in [-0.2, -0.15) is 0 Å². The highest BCUT2D eigenvalue weighted by Crippen LogP contribution is 2.31. The van der Waals surface area contributed by atoms with Gasteiger partial charge in [0.1, 0.15) is 17.6 Å². The summed E-state index contributed by atoms with van der Waals surface area (Å²) >= 11 is 0. The van der Waals surface area contributed by atoms with E-state index in [0.29, 0.717) is 43.2 Å². The van der Waals surface area contributed by atoms with Gasteiger partial charge in [-0.1, -0.05) is 12.1 Å². The van der Waals surface area contributed by atoms with Crippen molar-refractivity contribution in [2.75, 3.05) is 38.2 Å². The van der Waals surface area contributed by atoms with Gasteiger partial charge in [0.2, 0.25) is 11.8 Å². The number of ether oxygens (including phenoxy) is 1. The third-order valence-corrected chi connectivity index (χ3v) is 7.98. The summed E-state index contributed by atoms with van der Waals surface area (Å²) in [6.45, 7) is 3.16. The zero-order valence-electron chi connectivity index (χ0n) is 18.5. The Balaban J connectivity index is 1.51. The van der Waals surface area contributed by atoms with Crippen molar-refractivity contribution >= 4 is 27.5 Å². The molecule has 0 N–H and O–H groups in total. The Morgan fingerprint density at radius 1 is 1.09 bits per heavy atom. The lowest BCUT2D eigenvalue weighted by Crippen LogP contribution is -2.55. The summed E-state index contributed by atoms with van der Waals surface area (Å²) in [5, 5.41) is 0. The predicted molar refractivity (Wildman–Crippen MR) is 120 cm³/mol. The third kappa shape index (κ3) is 4.27. The van der Waals surface area contributed by atoms with Gasteiger partial charge in [0.25, 0.3) is 10.0 Å². The summed E-state index contributed by atoms with van der Waals surface area (Å²) in [7, 11) is -2.72. The maximum atomic E-state index is 14.1. The molecule has 2 aromatic rings. The normalized spacial score (nSPS) is 19.2. The molecule has 0 spiro atoms. The molecule has 1 atom stereocenters. The summed E-state index contributed by atoms with van der Waals surface area (Å²) in [5.41, 5.74) is 1.08. The molecule has 10 heteroatoms. The highest BCUT2D eigenvalue weighted by atomic mass is 32.2. The first-order chi connectivity index (χ1) is 15.7. The number of para-hydroxylation sites is 1. The van der Waals surface area contributed by atoms with E-state index in [1.54, 1.807) is 30.0 Å². The smallest absolute Gasteiger partial charge is 0.267 e. The second kappa shape index (κ2) is 9.01. The van der Waals surface area contributed by atoms with Crippen LogP contribution in [0.1, 0.15) is 18.4 Å². The largest absolute Gasteiger partial charge is 0.496 e. The number of hydrogen-bond acceptors (Lipinski definition) is 6. The Morgan fingerprint density at radius 3 is 2.42 bits per heavy atom. The van der Waals surface area contributed by atoms with E-state index < -0.39 is 27.9 Å². The lowest BCUT2D eigenvalue weighted by Gasteiger charge is -2.38. The molecule has 2 aliphatic rings. The highest BCUT2D eigenvalue weighted by molar-refractivity contribution is 7.89. The Bertz CT molecular complexity index is 1180. The van der Waals surface area contributed by atoms with Gasteiger partial charge in [0, 0.05) is 32.6 Å². The van der Waals surface area contributed by atoms with Gasteiger partial charge in [-0.25, -0.2) is 17.1 Å². The summed E-state index contributed by atoms with van der Waals surface area (Å²) in [4.78, 5) is 29.2. The number of piperazine rings is 1. The number of aryl methyl sites for hydroxylation is 1. The first-order valence-electron chi connectivity index (χ1n) is 10.7. The van der Waals surface area contributed by atoms with Crippen LogP contribution in [0.5, 0.6) is 5.75 Å². The van der Waals surface area contributed by atoms with Gasteiger partial charge in [-0.05, 0) is 49.2 Å². The average Bonchev–Trinajstić information content (AvgIpc) is 3.21. The van der Waals surface area contributed by atoms with Crippen molar-refractivity contribution in [2.24, 2.45) is 0 Å². The molecule has 0 saturated carbocycles. The lowest BCUT2D eigenvalue weighted by atomic mass is 10.1. The molecule has 0 unspecified atom stereocenters. The van der Waals surface area contributed by atoms with Crippen LogP contribution in [0.15, 0.2) is 47.4 Å². The first-order valence-corrected chi connectivity index (χ1v) is 12.2. The van der Waals surface area contributed by atoms with Crippen LogP contribution in [-0.4, -0.2) is 68.8 Å². The van der Waals surface area contributed by atoms with Crippen molar-refractivity contribution in [3.63, 3.8) is 0 Å². The molecule has 8 nitrogen and oxygen atoms in total. The summed E-state index contributed by atoms with van der Waals surface area (Å²) in [6, 6.07) is 9.72. The van der Waals surface area contributed by atoms with E-state index in [4.69, 9.17) is 4.74 Å². The Morgan fingerprint density at radius 2 is 1.79 bits per heavy atom. The van der Waals surface area contributed by atoms with Gasteiger partial charge >= 0.3 is 0 Å². The van der Waals surface area contributed by atoms with Gasteiger partial charge in [-0.15, -0.1) is 0 Å². The number of amides is 2. The summed E-state index contributed by atoms with van der Waals surface area (Å²) in [5.74, 6) is -0.789. The van der Waals surface area contributed by atoms with E-state index in [9.17, 15) is 22.4 Å². The number of benzene rings is 2. The van der Waals surface area contributed by atoms with Crippen molar-refractivity contribution in [1.29, 1.82) is 0 Å². The number of hydrogen-bond donors (Lipinski definition) is 0. The maximum Gasteiger partial charge on any atom is 0.267 e. The molecule has 2 aromatic carbocycles. The molecule has 0 aliphatic carbocycles. The number of carbonyl (C=O) groups is 2. The maximum absolute atomic E-state index is 14.1. The average molecular weight is 476 g/mol. The second-order valence-electron chi connectivity index (χ2n) is 8.14. The third-order valence-electron chi connectivity index (χ3n) is 6.15. The van der Waals surface area contributed by atoms with E-state index in [-0.39, 0.29) is 23.6 Å². The van der Waals surface area contributed by atoms with Crippen molar-refractivity contribution in [3.05, 3.63) is 53.8 Å². The van der Waals surface area contributed by atoms with Crippen LogP contribution in [0.2, 0.25) is 0 Å². The zero-order chi connectivity index (χ0) is 23.8. The number of sulfonamides is 1. The Labute approximate surface area is 192 Å². The minimum Gasteiger partial charge on any atom is -0.496 e. The standard InChI is InChI=1S/C23H26FN3O5S/c1-16-15-17(7-9-21(16)32-2)33(30,31)27-20(8-10-22(27)28)23(29)26-13-11-25(12-14-26)19-6-4-3-5-18(19)24/h3-7,9,15,20H,8,10-14H2,1-2H3/t20-/m0/s1. The predicted octanol–water partition coefficient (Wildman–Crippen LogP) is 2.17. The van der Waals surface area contributed by atoms with Gasteiger partial charge in [0.15, 0.2) is 0 Å². The van der Waals surface area contributed by atoms with Crippen LogP contribution in [-0.2, 0) is 19.6 Å². The van der Waals surface area contributed by atoms with Gasteiger partial charge in [-0.3, -0.25) is 9.59 Å². The van der Waals surface area contributed by atoms with Crippen LogP contribution < -0.4 is 9.64 Å². The minimum atomic E-state index is -4.21. The SMILES string of the molecule is COc1ccc(S(=O)(=O)N2C(=O)CC[C@H]2C(=O)N2CCN(c3ccccc3F)CC2)cc1C. The molecule has 2 fully saturated rings. The molecule has 2 heterocycles. The summed E-state index contributed by atoms with van der Waals surface area (Å²) < 4.78 is 46.6. The van der Waals surface area contributed by atoms with E-state index in [1.807, 2.05) is 4.90 Å². The number of carbonyl (C=O) groups excluding carboxylic acids is 2.